The molecule has 0 N–H and O–H groups in total. The minimum Gasteiger partial charge on any atom is -0.304 e. The summed E-state index contributed by atoms with van der Waals surface area (Å²) in [4.78, 5) is 2.27. The van der Waals surface area contributed by atoms with E-state index in [-0.39, 0.29) is 0 Å². The van der Waals surface area contributed by atoms with E-state index < -0.39 is 0 Å². The number of aromatic nitrogens is 3. The Morgan fingerprint density at radius 1 is 1.08 bits per heavy atom. The molecule has 0 radical (unpaired) electrons. The highest BCUT2D eigenvalue weighted by Gasteiger charge is 2.14. The Kier molecular flexibility index (Phi) is 4.68. The van der Waals surface area contributed by atoms with E-state index in [1.165, 1.54) is 35.6 Å². The van der Waals surface area contributed by atoms with E-state index in [1.807, 2.05) is 4.68 Å². The van der Waals surface area contributed by atoms with Gasteiger partial charge in [-0.3, -0.25) is 4.90 Å². The molecule has 0 bridgehead atoms. The first-order chi connectivity index (χ1) is 12.2. The predicted molar refractivity (Wildman–Crippen MR) is 104 cm³/mol. The molecule has 4 nitrogen and oxygen atoms in total. The Bertz CT molecular complexity index is 940. The summed E-state index contributed by atoms with van der Waals surface area (Å²) in [5.41, 5.74) is 1.31. The van der Waals surface area contributed by atoms with Crippen molar-refractivity contribution in [2.75, 3.05) is 7.05 Å². The fourth-order valence-corrected chi connectivity index (χ4v) is 3.94. The van der Waals surface area contributed by atoms with Gasteiger partial charge >= 0.3 is 0 Å². The molecule has 1 aliphatic heterocycles. The van der Waals surface area contributed by atoms with Gasteiger partial charge in [-0.25, -0.2) is 4.68 Å². The van der Waals surface area contributed by atoms with Gasteiger partial charge in [0.05, 0.1) is 6.67 Å². The van der Waals surface area contributed by atoms with Gasteiger partial charge in [-0.05, 0) is 54.5 Å². The van der Waals surface area contributed by atoms with Gasteiger partial charge in [-0.15, -0.1) is 0 Å². The highest BCUT2D eigenvalue weighted by Crippen LogP contribution is 2.17. The molecule has 2 aromatic carbocycles. The molecule has 1 aliphatic rings. The van der Waals surface area contributed by atoms with Crippen LogP contribution in [0.5, 0.6) is 0 Å². The number of hydrogen-bond donors (Lipinski definition) is 0. The molecule has 0 fully saturated rings. The zero-order chi connectivity index (χ0) is 17.2. The largest absolute Gasteiger partial charge is 0.304 e. The summed E-state index contributed by atoms with van der Waals surface area (Å²) in [5.74, 6) is 1.15. The summed E-state index contributed by atoms with van der Waals surface area (Å²) >= 11 is 5.66. The van der Waals surface area contributed by atoms with Gasteiger partial charge in [0.1, 0.15) is 5.82 Å². The van der Waals surface area contributed by atoms with Gasteiger partial charge in [0.25, 0.3) is 0 Å². The zero-order valence-corrected chi connectivity index (χ0v) is 15.5. The lowest BCUT2D eigenvalue weighted by molar-refractivity contribution is 0.243. The van der Waals surface area contributed by atoms with Crippen molar-refractivity contribution in [1.29, 1.82) is 0 Å². The highest BCUT2D eigenvalue weighted by molar-refractivity contribution is 7.71. The molecule has 25 heavy (non-hydrogen) atoms. The number of benzene rings is 2. The third-order valence-corrected chi connectivity index (χ3v) is 5.35. The van der Waals surface area contributed by atoms with E-state index in [0.717, 1.165) is 36.8 Å². The summed E-state index contributed by atoms with van der Waals surface area (Å²) in [5, 5.41) is 7.35. The van der Waals surface area contributed by atoms with Crippen molar-refractivity contribution in [3.05, 3.63) is 58.6 Å². The second kappa shape index (κ2) is 7.10. The van der Waals surface area contributed by atoms with Crippen molar-refractivity contribution in [2.24, 2.45) is 0 Å². The molecule has 130 valence electrons. The summed E-state index contributed by atoms with van der Waals surface area (Å²) < 4.78 is 5.07. The van der Waals surface area contributed by atoms with Crippen molar-refractivity contribution >= 4 is 23.0 Å². The zero-order valence-electron chi connectivity index (χ0n) is 14.7. The third-order valence-electron chi connectivity index (χ3n) is 4.92. The van der Waals surface area contributed by atoms with Gasteiger partial charge in [0, 0.05) is 19.5 Å². The molecule has 0 unspecified atom stereocenters. The van der Waals surface area contributed by atoms with Crippen LogP contribution in [0.3, 0.4) is 0 Å². The third kappa shape index (κ3) is 3.53. The number of hydrogen-bond acceptors (Lipinski definition) is 3. The Labute approximate surface area is 153 Å². The number of rotatable bonds is 4. The van der Waals surface area contributed by atoms with Crippen molar-refractivity contribution in [3.63, 3.8) is 0 Å². The molecule has 0 saturated carbocycles. The fraction of sp³-hybridized carbons (Fsp3) is 0.400. The van der Waals surface area contributed by atoms with Crippen LogP contribution in [0.15, 0.2) is 42.5 Å². The minimum atomic E-state index is 0.728. The molecule has 0 atom stereocenters. The van der Waals surface area contributed by atoms with Gasteiger partial charge in [0.15, 0.2) is 4.77 Å². The average Bonchev–Trinajstić information content (AvgIpc) is 2.78. The van der Waals surface area contributed by atoms with Crippen LogP contribution in [0.4, 0.5) is 0 Å². The first kappa shape index (κ1) is 16.5. The molecule has 5 heteroatoms. The maximum atomic E-state index is 5.66. The first-order valence-electron chi connectivity index (χ1n) is 9.03. The van der Waals surface area contributed by atoms with Gasteiger partial charge < -0.3 is 4.57 Å². The molecule has 0 aliphatic carbocycles. The number of fused-ring (bicyclic) bond motifs is 2. The standard InChI is InChI=1S/C20H24N4S/c1-22(14-16-10-11-17-7-4-5-8-18(17)13-16)15-24-20(25)23-12-6-2-3-9-19(23)21-24/h4-5,7-8,10-11,13H,2-3,6,9,12,14-15H2,1H3. The Balaban J connectivity index is 1.50. The van der Waals surface area contributed by atoms with E-state index in [4.69, 9.17) is 17.3 Å². The summed E-state index contributed by atoms with van der Waals surface area (Å²) in [7, 11) is 2.13. The van der Waals surface area contributed by atoms with E-state index in [0.29, 0.717) is 0 Å². The second-order valence-corrected chi connectivity index (χ2v) is 7.36. The monoisotopic (exact) mass is 352 g/mol. The van der Waals surface area contributed by atoms with Crippen LogP contribution in [0.25, 0.3) is 10.8 Å². The van der Waals surface area contributed by atoms with E-state index >= 15 is 0 Å². The van der Waals surface area contributed by atoms with Crippen molar-refractivity contribution in [3.8, 4) is 0 Å². The Hall–Kier alpha value is -1.98. The molecule has 0 spiro atoms. The van der Waals surface area contributed by atoms with Crippen molar-refractivity contribution in [2.45, 2.75) is 45.4 Å². The van der Waals surface area contributed by atoms with Crippen LogP contribution in [0.2, 0.25) is 0 Å². The van der Waals surface area contributed by atoms with Crippen LogP contribution in [0.1, 0.15) is 30.7 Å². The van der Waals surface area contributed by atoms with Crippen molar-refractivity contribution < 1.29 is 0 Å². The lowest BCUT2D eigenvalue weighted by Gasteiger charge is -2.17. The van der Waals surface area contributed by atoms with Gasteiger partial charge in [-0.1, -0.05) is 42.8 Å². The number of nitrogens with zero attached hydrogens (tertiary/aromatic N) is 4. The molecule has 2 heterocycles. The fourth-order valence-electron chi connectivity index (χ4n) is 3.64. The molecular formula is C20H24N4S. The second-order valence-electron chi connectivity index (χ2n) is 7.00. The topological polar surface area (TPSA) is 26.0 Å². The van der Waals surface area contributed by atoms with Crippen LogP contribution in [-0.2, 0) is 26.2 Å². The van der Waals surface area contributed by atoms with Crippen LogP contribution >= 0.6 is 12.2 Å². The smallest absolute Gasteiger partial charge is 0.199 e. The molecule has 4 rings (SSSR count). The first-order valence-corrected chi connectivity index (χ1v) is 9.44. The summed E-state index contributed by atoms with van der Waals surface area (Å²) in [6.07, 6.45) is 4.75. The lowest BCUT2D eigenvalue weighted by Crippen LogP contribution is -2.22. The Morgan fingerprint density at radius 3 is 2.80 bits per heavy atom. The molecule has 0 saturated heterocycles. The maximum Gasteiger partial charge on any atom is 0.199 e. The average molecular weight is 353 g/mol. The van der Waals surface area contributed by atoms with Crippen LogP contribution in [-0.4, -0.2) is 26.3 Å². The summed E-state index contributed by atoms with van der Waals surface area (Å²) in [6, 6.07) is 15.2. The van der Waals surface area contributed by atoms with E-state index in [2.05, 4.69) is 59.0 Å². The summed E-state index contributed by atoms with van der Waals surface area (Å²) in [6.45, 7) is 2.63. The normalized spacial score (nSPS) is 14.6. The van der Waals surface area contributed by atoms with Gasteiger partial charge in [0.2, 0.25) is 0 Å². The quantitative estimate of drug-likeness (QED) is 0.652. The van der Waals surface area contributed by atoms with Crippen LogP contribution < -0.4 is 0 Å². The molecule has 1 aromatic heterocycles. The molecule has 3 aromatic rings. The van der Waals surface area contributed by atoms with E-state index in [9.17, 15) is 0 Å². The van der Waals surface area contributed by atoms with Crippen LogP contribution in [0, 0.1) is 4.77 Å². The van der Waals surface area contributed by atoms with Gasteiger partial charge in [-0.2, -0.15) is 5.10 Å². The van der Waals surface area contributed by atoms with E-state index in [1.54, 1.807) is 0 Å². The SMILES string of the molecule is CN(Cc1ccc2ccccc2c1)Cn1nc2n(c1=S)CCCCC2. The highest BCUT2D eigenvalue weighted by atomic mass is 32.1. The predicted octanol–water partition coefficient (Wildman–Crippen LogP) is 4.38. The minimum absolute atomic E-state index is 0.728. The Morgan fingerprint density at radius 2 is 1.92 bits per heavy atom. The lowest BCUT2D eigenvalue weighted by atomic mass is 10.1. The molecular weight excluding hydrogens is 328 g/mol. The number of aryl methyl sites for hydroxylation is 1. The van der Waals surface area contributed by atoms with Crippen molar-refractivity contribution in [1.82, 2.24) is 19.2 Å². The molecule has 0 amide bonds. The maximum absolute atomic E-state index is 5.66.